The molecule has 0 aliphatic heterocycles. The number of nitrogens with one attached hydrogen (secondary N) is 1. The Bertz CT molecular complexity index is 337. The molecule has 102 valence electrons. The van der Waals surface area contributed by atoms with Crippen molar-refractivity contribution in [2.45, 2.75) is 39.3 Å². The van der Waals surface area contributed by atoms with Crippen LogP contribution in [0.2, 0.25) is 5.02 Å². The van der Waals surface area contributed by atoms with Crippen LogP contribution in [0.25, 0.3) is 0 Å². The molecule has 3 heteroatoms. The molecular formula is C15H24ClNO. The van der Waals surface area contributed by atoms with Crippen molar-refractivity contribution in [3.05, 3.63) is 34.9 Å². The minimum Gasteiger partial charge on any atom is -0.380 e. The lowest BCUT2D eigenvalue weighted by atomic mass is 9.94. The van der Waals surface area contributed by atoms with E-state index in [1.54, 1.807) is 7.11 Å². The van der Waals surface area contributed by atoms with Gasteiger partial charge in [-0.15, -0.1) is 0 Å². The monoisotopic (exact) mass is 269 g/mol. The Morgan fingerprint density at radius 2 is 1.83 bits per heavy atom. The lowest BCUT2D eigenvalue weighted by Crippen LogP contribution is -2.45. The lowest BCUT2D eigenvalue weighted by Gasteiger charge is -2.29. The van der Waals surface area contributed by atoms with Gasteiger partial charge in [0.05, 0.1) is 6.10 Å². The third-order valence-corrected chi connectivity index (χ3v) is 3.41. The molecule has 1 aromatic carbocycles. The number of likely N-dealkylation sites (N-methyl/N-ethyl adjacent to an activating group) is 1. The molecule has 18 heavy (non-hydrogen) atoms. The molecule has 2 atom stereocenters. The van der Waals surface area contributed by atoms with Crippen molar-refractivity contribution in [3.8, 4) is 0 Å². The summed E-state index contributed by atoms with van der Waals surface area (Å²) < 4.78 is 5.63. The van der Waals surface area contributed by atoms with E-state index in [-0.39, 0.29) is 6.10 Å². The van der Waals surface area contributed by atoms with Crippen LogP contribution in [0, 0.1) is 5.92 Å². The number of benzene rings is 1. The zero-order valence-electron chi connectivity index (χ0n) is 11.7. The van der Waals surface area contributed by atoms with Gasteiger partial charge in [-0.05, 0) is 36.6 Å². The molecule has 0 saturated heterocycles. The molecule has 0 spiro atoms. The summed E-state index contributed by atoms with van der Waals surface area (Å²) >= 11 is 5.91. The van der Waals surface area contributed by atoms with Crippen molar-refractivity contribution in [3.63, 3.8) is 0 Å². The van der Waals surface area contributed by atoms with E-state index in [0.717, 1.165) is 18.0 Å². The van der Waals surface area contributed by atoms with Crippen molar-refractivity contribution >= 4 is 11.6 Å². The first-order valence-corrected chi connectivity index (χ1v) is 6.96. The average Bonchev–Trinajstić information content (AvgIpc) is 2.32. The van der Waals surface area contributed by atoms with Crippen LogP contribution < -0.4 is 5.32 Å². The van der Waals surface area contributed by atoms with E-state index in [2.05, 4.69) is 38.2 Å². The van der Waals surface area contributed by atoms with Crippen LogP contribution in [0.1, 0.15) is 26.3 Å². The molecule has 0 aliphatic carbocycles. The molecule has 1 rings (SSSR count). The van der Waals surface area contributed by atoms with Crippen LogP contribution in [-0.4, -0.2) is 25.8 Å². The Morgan fingerprint density at radius 3 is 2.28 bits per heavy atom. The largest absolute Gasteiger partial charge is 0.380 e. The average molecular weight is 270 g/mol. The van der Waals surface area contributed by atoms with E-state index in [4.69, 9.17) is 16.3 Å². The van der Waals surface area contributed by atoms with Gasteiger partial charge in [-0.3, -0.25) is 0 Å². The minimum atomic E-state index is 0.223. The summed E-state index contributed by atoms with van der Waals surface area (Å²) in [5.74, 6) is 0.492. The highest BCUT2D eigenvalue weighted by atomic mass is 35.5. The molecule has 0 saturated carbocycles. The van der Waals surface area contributed by atoms with E-state index in [0.29, 0.717) is 12.0 Å². The van der Waals surface area contributed by atoms with E-state index >= 15 is 0 Å². The predicted molar refractivity (Wildman–Crippen MR) is 78.3 cm³/mol. The Labute approximate surface area is 116 Å². The van der Waals surface area contributed by atoms with Crippen molar-refractivity contribution in [2.75, 3.05) is 13.7 Å². The quantitative estimate of drug-likeness (QED) is 0.818. The van der Waals surface area contributed by atoms with Crippen molar-refractivity contribution in [2.24, 2.45) is 5.92 Å². The van der Waals surface area contributed by atoms with Crippen LogP contribution in [0.5, 0.6) is 0 Å². The standard InChI is InChI=1S/C15H24ClNO/c1-5-17-14(15(18-4)11(2)3)10-12-6-8-13(16)9-7-12/h6-9,11,14-15,17H,5,10H2,1-4H3. The van der Waals surface area contributed by atoms with Crippen molar-refractivity contribution in [1.82, 2.24) is 5.32 Å². The molecular weight excluding hydrogens is 246 g/mol. The van der Waals surface area contributed by atoms with Crippen molar-refractivity contribution in [1.29, 1.82) is 0 Å². The van der Waals surface area contributed by atoms with Gasteiger partial charge >= 0.3 is 0 Å². The molecule has 0 bridgehead atoms. The Balaban J connectivity index is 2.75. The summed E-state index contributed by atoms with van der Waals surface area (Å²) in [5.41, 5.74) is 1.29. The van der Waals surface area contributed by atoms with E-state index in [1.165, 1.54) is 5.56 Å². The van der Waals surface area contributed by atoms with Gasteiger partial charge < -0.3 is 10.1 Å². The Hall–Kier alpha value is -0.570. The van der Waals surface area contributed by atoms with E-state index in [9.17, 15) is 0 Å². The normalized spacial score (nSPS) is 14.8. The summed E-state index contributed by atoms with van der Waals surface area (Å²) in [7, 11) is 1.79. The highest BCUT2D eigenvalue weighted by molar-refractivity contribution is 6.30. The minimum absolute atomic E-state index is 0.223. The first kappa shape index (κ1) is 15.5. The second-order valence-electron chi connectivity index (χ2n) is 4.94. The maximum atomic E-state index is 5.91. The van der Waals surface area contributed by atoms with Gasteiger partial charge in [0, 0.05) is 18.2 Å². The molecule has 0 amide bonds. The van der Waals surface area contributed by atoms with Gasteiger partial charge in [0.2, 0.25) is 0 Å². The van der Waals surface area contributed by atoms with Crippen LogP contribution in [-0.2, 0) is 11.2 Å². The second-order valence-corrected chi connectivity index (χ2v) is 5.38. The zero-order valence-corrected chi connectivity index (χ0v) is 12.5. The number of ether oxygens (including phenoxy) is 1. The SMILES string of the molecule is CCNC(Cc1ccc(Cl)cc1)C(OC)C(C)C. The smallest absolute Gasteiger partial charge is 0.0750 e. The number of hydrogen-bond donors (Lipinski definition) is 1. The van der Waals surface area contributed by atoms with Gasteiger partial charge in [-0.1, -0.05) is 44.5 Å². The number of hydrogen-bond acceptors (Lipinski definition) is 2. The van der Waals surface area contributed by atoms with Gasteiger partial charge in [-0.2, -0.15) is 0 Å². The summed E-state index contributed by atoms with van der Waals surface area (Å²) in [4.78, 5) is 0. The molecule has 0 fully saturated rings. The zero-order chi connectivity index (χ0) is 13.5. The fourth-order valence-electron chi connectivity index (χ4n) is 2.34. The molecule has 2 nitrogen and oxygen atoms in total. The molecule has 0 aliphatic rings. The number of halogens is 1. The summed E-state index contributed by atoms with van der Waals surface area (Å²) in [6.07, 6.45) is 1.18. The van der Waals surface area contributed by atoms with Crippen LogP contribution in [0.3, 0.4) is 0 Å². The molecule has 0 radical (unpaired) electrons. The summed E-state index contributed by atoms with van der Waals surface area (Å²) in [6, 6.07) is 8.38. The molecule has 0 heterocycles. The van der Waals surface area contributed by atoms with E-state index < -0.39 is 0 Å². The van der Waals surface area contributed by atoms with Crippen LogP contribution in [0.15, 0.2) is 24.3 Å². The first-order valence-electron chi connectivity index (χ1n) is 6.59. The maximum absolute atomic E-state index is 5.91. The second kappa shape index (κ2) is 7.78. The molecule has 1 N–H and O–H groups in total. The number of methoxy groups -OCH3 is 1. The number of rotatable bonds is 7. The first-order chi connectivity index (χ1) is 8.58. The Kier molecular flexibility index (Phi) is 6.69. The van der Waals surface area contributed by atoms with Crippen LogP contribution >= 0.6 is 11.6 Å². The van der Waals surface area contributed by atoms with E-state index in [1.807, 2.05) is 12.1 Å². The third kappa shape index (κ3) is 4.60. The van der Waals surface area contributed by atoms with Crippen LogP contribution in [0.4, 0.5) is 0 Å². The highest BCUT2D eigenvalue weighted by Gasteiger charge is 2.23. The highest BCUT2D eigenvalue weighted by Crippen LogP contribution is 2.16. The lowest BCUT2D eigenvalue weighted by molar-refractivity contribution is 0.0337. The topological polar surface area (TPSA) is 21.3 Å². The van der Waals surface area contributed by atoms with Gasteiger partial charge in [-0.25, -0.2) is 0 Å². The van der Waals surface area contributed by atoms with Gasteiger partial charge in [0.15, 0.2) is 0 Å². The van der Waals surface area contributed by atoms with Gasteiger partial charge in [0.1, 0.15) is 0 Å². The summed E-state index contributed by atoms with van der Waals surface area (Å²) in [6.45, 7) is 7.47. The predicted octanol–water partition coefficient (Wildman–Crippen LogP) is 3.53. The third-order valence-electron chi connectivity index (χ3n) is 3.16. The molecule has 0 aromatic heterocycles. The molecule has 2 unspecified atom stereocenters. The Morgan fingerprint density at radius 1 is 1.22 bits per heavy atom. The maximum Gasteiger partial charge on any atom is 0.0750 e. The van der Waals surface area contributed by atoms with Gasteiger partial charge in [0.25, 0.3) is 0 Å². The van der Waals surface area contributed by atoms with Crippen molar-refractivity contribution < 1.29 is 4.74 Å². The molecule has 1 aromatic rings. The fourth-order valence-corrected chi connectivity index (χ4v) is 2.47. The fraction of sp³-hybridized carbons (Fsp3) is 0.600. The summed E-state index contributed by atoms with van der Waals surface area (Å²) in [5, 5.41) is 4.30.